The van der Waals surface area contributed by atoms with Gasteiger partial charge in [0.15, 0.2) is 6.61 Å². The van der Waals surface area contributed by atoms with Crippen molar-refractivity contribution < 1.29 is 9.53 Å². The summed E-state index contributed by atoms with van der Waals surface area (Å²) >= 11 is 0. The number of carbonyl (C=O) groups excluding carboxylic acids is 1. The zero-order valence-corrected chi connectivity index (χ0v) is 12.2. The third-order valence-corrected chi connectivity index (χ3v) is 3.05. The Hall–Kier alpha value is -2.40. The van der Waals surface area contributed by atoms with Gasteiger partial charge in [-0.2, -0.15) is 0 Å². The van der Waals surface area contributed by atoms with E-state index >= 15 is 0 Å². The van der Waals surface area contributed by atoms with E-state index in [9.17, 15) is 4.79 Å². The van der Waals surface area contributed by atoms with E-state index in [1.54, 1.807) is 6.07 Å². The molecule has 5 nitrogen and oxygen atoms in total. The van der Waals surface area contributed by atoms with E-state index in [0.29, 0.717) is 18.0 Å². The number of hydrogen-bond donors (Lipinski definition) is 2. The van der Waals surface area contributed by atoms with Gasteiger partial charge in [-0.15, -0.1) is 0 Å². The zero-order chi connectivity index (χ0) is 15.2. The molecule has 1 heterocycles. The molecule has 0 unspecified atom stereocenters. The number of rotatable bonds is 5. The number of nitrogens with two attached hydrogens (primary N) is 1. The monoisotopic (exact) mass is 285 g/mol. The van der Waals surface area contributed by atoms with Crippen LogP contribution in [0.3, 0.4) is 0 Å². The number of benzene rings is 1. The minimum atomic E-state index is -0.226. The van der Waals surface area contributed by atoms with Gasteiger partial charge in [-0.3, -0.25) is 9.78 Å². The third-order valence-electron chi connectivity index (χ3n) is 3.05. The van der Waals surface area contributed by atoms with E-state index in [4.69, 9.17) is 10.5 Å². The Balaban J connectivity index is 1.96. The maximum absolute atomic E-state index is 11.9. The van der Waals surface area contributed by atoms with Gasteiger partial charge in [0.1, 0.15) is 5.75 Å². The van der Waals surface area contributed by atoms with Crippen LogP contribution < -0.4 is 15.8 Å². The van der Waals surface area contributed by atoms with Crippen LogP contribution in [0.4, 0.5) is 5.69 Å². The molecule has 1 aromatic carbocycles. The molecule has 0 radical (unpaired) electrons. The van der Waals surface area contributed by atoms with Crippen LogP contribution in [-0.2, 0) is 11.3 Å². The summed E-state index contributed by atoms with van der Waals surface area (Å²) in [6.45, 7) is 4.07. The number of aromatic nitrogens is 1. The van der Waals surface area contributed by atoms with Gasteiger partial charge in [-0.05, 0) is 32.0 Å². The van der Waals surface area contributed by atoms with Gasteiger partial charge < -0.3 is 15.8 Å². The number of pyridine rings is 1. The van der Waals surface area contributed by atoms with Gasteiger partial charge in [0, 0.05) is 17.8 Å². The van der Waals surface area contributed by atoms with E-state index in [1.807, 2.05) is 44.2 Å². The molecule has 1 aromatic heterocycles. The summed E-state index contributed by atoms with van der Waals surface area (Å²) in [6.07, 6.45) is 0. The molecule has 0 aliphatic carbocycles. The summed E-state index contributed by atoms with van der Waals surface area (Å²) in [5.74, 6) is 0.407. The summed E-state index contributed by atoms with van der Waals surface area (Å²) < 4.78 is 5.51. The minimum Gasteiger partial charge on any atom is -0.483 e. The van der Waals surface area contributed by atoms with Crippen LogP contribution in [0.25, 0.3) is 0 Å². The van der Waals surface area contributed by atoms with Crippen molar-refractivity contribution in [1.82, 2.24) is 4.98 Å². The normalized spacial score (nSPS) is 10.2. The van der Waals surface area contributed by atoms with Crippen molar-refractivity contribution in [2.45, 2.75) is 20.4 Å². The Kier molecular flexibility index (Phi) is 4.90. The quantitative estimate of drug-likeness (QED) is 0.882. The van der Waals surface area contributed by atoms with Crippen LogP contribution in [0.1, 0.15) is 17.0 Å². The second kappa shape index (κ2) is 6.85. The van der Waals surface area contributed by atoms with Crippen LogP contribution >= 0.6 is 0 Å². The molecule has 2 aromatic rings. The zero-order valence-electron chi connectivity index (χ0n) is 12.2. The molecule has 2 rings (SSSR count). The fourth-order valence-corrected chi connectivity index (χ4v) is 1.96. The molecule has 5 heteroatoms. The molecule has 0 fully saturated rings. The molecule has 21 heavy (non-hydrogen) atoms. The van der Waals surface area contributed by atoms with Crippen molar-refractivity contribution >= 4 is 11.6 Å². The van der Waals surface area contributed by atoms with Gasteiger partial charge in [-0.1, -0.05) is 18.2 Å². The maximum Gasteiger partial charge on any atom is 0.262 e. The van der Waals surface area contributed by atoms with Crippen LogP contribution in [0.2, 0.25) is 0 Å². The van der Waals surface area contributed by atoms with E-state index in [2.05, 4.69) is 10.3 Å². The predicted molar refractivity (Wildman–Crippen MR) is 82.2 cm³/mol. The summed E-state index contributed by atoms with van der Waals surface area (Å²) in [6, 6.07) is 11.1. The van der Waals surface area contributed by atoms with E-state index in [1.165, 1.54) is 0 Å². The molecule has 0 saturated heterocycles. The Morgan fingerprint density at radius 1 is 1.24 bits per heavy atom. The van der Waals surface area contributed by atoms with Crippen molar-refractivity contribution in [3.63, 3.8) is 0 Å². The second-order valence-corrected chi connectivity index (χ2v) is 4.73. The number of hydrogen-bond acceptors (Lipinski definition) is 4. The predicted octanol–water partition coefficient (Wildman–Crippen LogP) is 2.17. The van der Waals surface area contributed by atoms with Crippen LogP contribution in [0, 0.1) is 13.8 Å². The Bertz CT molecular complexity index is 641. The lowest BCUT2D eigenvalue weighted by molar-refractivity contribution is -0.118. The summed E-state index contributed by atoms with van der Waals surface area (Å²) in [5, 5.41) is 2.79. The largest absolute Gasteiger partial charge is 0.483 e. The van der Waals surface area contributed by atoms with Crippen LogP contribution in [0.5, 0.6) is 5.75 Å². The number of para-hydroxylation sites is 1. The average Bonchev–Trinajstić information content (AvgIpc) is 2.48. The number of amides is 1. The van der Waals surface area contributed by atoms with Crippen molar-refractivity contribution in [2.75, 3.05) is 11.9 Å². The highest BCUT2D eigenvalue weighted by molar-refractivity contribution is 5.92. The Morgan fingerprint density at radius 2 is 2.00 bits per heavy atom. The fourth-order valence-electron chi connectivity index (χ4n) is 1.96. The van der Waals surface area contributed by atoms with Crippen LogP contribution in [0.15, 0.2) is 36.4 Å². The number of nitrogens with one attached hydrogen (secondary N) is 1. The topological polar surface area (TPSA) is 77.2 Å². The van der Waals surface area contributed by atoms with Crippen molar-refractivity contribution in [2.24, 2.45) is 5.73 Å². The number of carbonyl (C=O) groups is 1. The smallest absolute Gasteiger partial charge is 0.262 e. The van der Waals surface area contributed by atoms with Crippen molar-refractivity contribution in [3.8, 4) is 5.75 Å². The lowest BCUT2D eigenvalue weighted by Gasteiger charge is -2.11. The lowest BCUT2D eigenvalue weighted by atomic mass is 10.2. The van der Waals surface area contributed by atoms with E-state index in [-0.39, 0.29) is 12.5 Å². The molecule has 0 aliphatic rings. The van der Waals surface area contributed by atoms with Gasteiger partial charge in [0.25, 0.3) is 5.91 Å². The molecule has 3 N–H and O–H groups in total. The van der Waals surface area contributed by atoms with Crippen molar-refractivity contribution in [1.29, 1.82) is 0 Å². The Morgan fingerprint density at radius 3 is 2.71 bits per heavy atom. The van der Waals surface area contributed by atoms with Crippen LogP contribution in [-0.4, -0.2) is 17.5 Å². The lowest BCUT2D eigenvalue weighted by Crippen LogP contribution is -2.21. The highest BCUT2D eigenvalue weighted by atomic mass is 16.5. The van der Waals surface area contributed by atoms with Gasteiger partial charge in [-0.25, -0.2) is 0 Å². The van der Waals surface area contributed by atoms with Gasteiger partial charge in [0.05, 0.1) is 11.4 Å². The summed E-state index contributed by atoms with van der Waals surface area (Å²) in [7, 11) is 0. The standard InChI is InChI=1S/C16H19N3O2/c1-11-7-8-14(12(2)18-11)19-16(20)10-21-15-6-4-3-5-13(15)9-17/h3-8H,9-10,17H2,1-2H3,(H,19,20). The number of ether oxygens (including phenoxy) is 1. The van der Waals surface area contributed by atoms with Gasteiger partial charge in [0.2, 0.25) is 0 Å². The first-order valence-electron chi connectivity index (χ1n) is 6.75. The molecule has 0 spiro atoms. The first-order chi connectivity index (χ1) is 10.1. The van der Waals surface area contributed by atoms with E-state index in [0.717, 1.165) is 17.0 Å². The highest BCUT2D eigenvalue weighted by Crippen LogP contribution is 2.17. The summed E-state index contributed by atoms with van der Waals surface area (Å²) in [5.41, 5.74) is 8.89. The fraction of sp³-hybridized carbons (Fsp3) is 0.250. The molecular weight excluding hydrogens is 266 g/mol. The minimum absolute atomic E-state index is 0.0651. The molecule has 0 aliphatic heterocycles. The highest BCUT2D eigenvalue weighted by Gasteiger charge is 2.08. The summed E-state index contributed by atoms with van der Waals surface area (Å²) in [4.78, 5) is 16.2. The second-order valence-electron chi connectivity index (χ2n) is 4.73. The molecule has 0 atom stereocenters. The number of anilines is 1. The van der Waals surface area contributed by atoms with E-state index < -0.39 is 0 Å². The van der Waals surface area contributed by atoms with Crippen molar-refractivity contribution in [3.05, 3.63) is 53.3 Å². The number of nitrogens with zero attached hydrogens (tertiary/aromatic N) is 1. The molecule has 0 saturated carbocycles. The molecular formula is C16H19N3O2. The SMILES string of the molecule is Cc1ccc(NC(=O)COc2ccccc2CN)c(C)n1. The average molecular weight is 285 g/mol. The third kappa shape index (κ3) is 4.03. The Labute approximate surface area is 124 Å². The molecule has 0 bridgehead atoms. The molecule has 110 valence electrons. The first kappa shape index (κ1) is 15.0. The maximum atomic E-state index is 11.9. The number of aryl methyl sites for hydroxylation is 2. The molecule has 1 amide bonds. The van der Waals surface area contributed by atoms with Gasteiger partial charge >= 0.3 is 0 Å². The first-order valence-corrected chi connectivity index (χ1v) is 6.75.